The highest BCUT2D eigenvalue weighted by Crippen LogP contribution is 2.37. The van der Waals surface area contributed by atoms with Gasteiger partial charge in [0.05, 0.1) is 11.6 Å². The molecule has 0 saturated carbocycles. The van der Waals surface area contributed by atoms with E-state index in [-0.39, 0.29) is 5.75 Å². The molecule has 84 valence electrons. The number of benzene rings is 1. The molecular weight excluding hydrogens is 258 g/mol. The number of aromatic hydroxyl groups is 1. The lowest BCUT2D eigenvalue weighted by Crippen LogP contribution is -2.04. The molecule has 0 saturated heterocycles. The van der Waals surface area contributed by atoms with Crippen LogP contribution in [-0.2, 0) is 0 Å². The second-order valence-corrected chi connectivity index (χ2v) is 4.39. The van der Waals surface area contributed by atoms with E-state index in [4.69, 9.17) is 10.5 Å². The van der Waals surface area contributed by atoms with Crippen LogP contribution in [0.3, 0.4) is 0 Å². The third-order valence-electron chi connectivity index (χ3n) is 2.44. The molecule has 0 aliphatic carbocycles. The van der Waals surface area contributed by atoms with Crippen LogP contribution in [0.2, 0.25) is 0 Å². The second-order valence-electron chi connectivity index (χ2n) is 3.53. The van der Waals surface area contributed by atoms with E-state index in [9.17, 15) is 5.11 Å². The Morgan fingerprint density at radius 2 is 2.20 bits per heavy atom. The van der Waals surface area contributed by atoms with Gasteiger partial charge >= 0.3 is 0 Å². The lowest BCUT2D eigenvalue weighted by molar-refractivity contribution is 0.371. The van der Waals surface area contributed by atoms with E-state index in [1.807, 2.05) is 12.1 Å². The van der Waals surface area contributed by atoms with Crippen LogP contribution >= 0.6 is 15.9 Å². The highest BCUT2D eigenvalue weighted by atomic mass is 79.9. The fourth-order valence-corrected chi connectivity index (χ4v) is 1.91. The first kappa shape index (κ1) is 12.3. The first-order valence-electron chi connectivity index (χ1n) is 4.86. The van der Waals surface area contributed by atoms with Gasteiger partial charge in [0.1, 0.15) is 0 Å². The first-order valence-corrected chi connectivity index (χ1v) is 5.66. The van der Waals surface area contributed by atoms with Gasteiger partial charge in [0.25, 0.3) is 0 Å². The molecule has 1 aromatic rings. The van der Waals surface area contributed by atoms with Crippen molar-refractivity contribution in [3.63, 3.8) is 0 Å². The zero-order valence-electron chi connectivity index (χ0n) is 8.96. The van der Waals surface area contributed by atoms with Crippen LogP contribution in [0.25, 0.3) is 0 Å². The minimum Gasteiger partial charge on any atom is -0.503 e. The third-order valence-corrected chi connectivity index (χ3v) is 3.04. The normalized spacial score (nSPS) is 12.5. The molecule has 0 amide bonds. The molecule has 0 aliphatic heterocycles. The standard InChI is InChI=1S/C11H16BrNO2/c1-7(3-4-13)8-5-9(12)11(14)10(6-8)15-2/h5-7,14H,3-4,13H2,1-2H3. The first-order chi connectivity index (χ1) is 7.10. The van der Waals surface area contributed by atoms with E-state index in [1.165, 1.54) is 0 Å². The molecule has 4 heteroatoms. The molecule has 0 fully saturated rings. The Kier molecular flexibility index (Phi) is 4.42. The Morgan fingerprint density at radius 3 is 2.73 bits per heavy atom. The number of methoxy groups -OCH3 is 1. The second kappa shape index (κ2) is 5.37. The molecule has 0 bridgehead atoms. The lowest BCUT2D eigenvalue weighted by Gasteiger charge is -2.14. The third kappa shape index (κ3) is 2.86. The van der Waals surface area contributed by atoms with Gasteiger partial charge < -0.3 is 15.6 Å². The van der Waals surface area contributed by atoms with Crippen molar-refractivity contribution in [3.05, 3.63) is 22.2 Å². The van der Waals surface area contributed by atoms with Gasteiger partial charge in [-0.3, -0.25) is 0 Å². The Bertz CT molecular complexity index is 342. The van der Waals surface area contributed by atoms with Crippen molar-refractivity contribution in [1.29, 1.82) is 0 Å². The number of phenolic OH excluding ortho intramolecular Hbond substituents is 1. The Morgan fingerprint density at radius 1 is 1.53 bits per heavy atom. The molecule has 0 spiro atoms. The number of halogens is 1. The average molecular weight is 274 g/mol. The maximum atomic E-state index is 9.64. The fourth-order valence-electron chi connectivity index (χ4n) is 1.45. The van der Waals surface area contributed by atoms with Crippen molar-refractivity contribution in [2.75, 3.05) is 13.7 Å². The topological polar surface area (TPSA) is 55.5 Å². The largest absolute Gasteiger partial charge is 0.503 e. The molecule has 0 radical (unpaired) electrons. The van der Waals surface area contributed by atoms with Crippen molar-refractivity contribution in [2.24, 2.45) is 5.73 Å². The quantitative estimate of drug-likeness (QED) is 0.887. The highest BCUT2D eigenvalue weighted by molar-refractivity contribution is 9.10. The molecule has 1 atom stereocenters. The van der Waals surface area contributed by atoms with Gasteiger partial charge in [-0.15, -0.1) is 0 Å². The summed E-state index contributed by atoms with van der Waals surface area (Å²) in [6.45, 7) is 2.76. The number of phenols is 1. The summed E-state index contributed by atoms with van der Waals surface area (Å²) in [5.74, 6) is 0.991. The van der Waals surface area contributed by atoms with Gasteiger partial charge in [0.15, 0.2) is 11.5 Å². The summed E-state index contributed by atoms with van der Waals surface area (Å²) in [5.41, 5.74) is 6.63. The van der Waals surface area contributed by atoms with Gasteiger partial charge in [0.2, 0.25) is 0 Å². The van der Waals surface area contributed by atoms with Crippen molar-refractivity contribution in [3.8, 4) is 11.5 Å². The number of nitrogens with two attached hydrogens (primary N) is 1. The van der Waals surface area contributed by atoms with Gasteiger partial charge in [-0.05, 0) is 52.5 Å². The number of ether oxygens (including phenoxy) is 1. The van der Waals surface area contributed by atoms with E-state index in [0.29, 0.717) is 22.7 Å². The minimum atomic E-state index is 0.140. The predicted octanol–water partition coefficient (Wildman–Crippen LogP) is 2.62. The number of hydrogen-bond acceptors (Lipinski definition) is 3. The zero-order chi connectivity index (χ0) is 11.4. The van der Waals surface area contributed by atoms with E-state index in [1.54, 1.807) is 7.11 Å². The zero-order valence-corrected chi connectivity index (χ0v) is 10.5. The van der Waals surface area contributed by atoms with Crippen LogP contribution in [0, 0.1) is 0 Å². The Hall–Kier alpha value is -0.740. The summed E-state index contributed by atoms with van der Waals surface area (Å²) in [5, 5.41) is 9.64. The maximum absolute atomic E-state index is 9.64. The lowest BCUT2D eigenvalue weighted by atomic mass is 9.97. The number of rotatable bonds is 4. The van der Waals surface area contributed by atoms with Crippen LogP contribution in [0.5, 0.6) is 11.5 Å². The van der Waals surface area contributed by atoms with Crippen molar-refractivity contribution < 1.29 is 9.84 Å². The van der Waals surface area contributed by atoms with Crippen molar-refractivity contribution >= 4 is 15.9 Å². The summed E-state index contributed by atoms with van der Waals surface area (Å²) in [6.07, 6.45) is 0.917. The van der Waals surface area contributed by atoms with Crippen LogP contribution in [0.4, 0.5) is 0 Å². The molecule has 15 heavy (non-hydrogen) atoms. The molecule has 1 aromatic carbocycles. The maximum Gasteiger partial charge on any atom is 0.172 e. The smallest absolute Gasteiger partial charge is 0.172 e. The van der Waals surface area contributed by atoms with Gasteiger partial charge in [-0.2, -0.15) is 0 Å². The van der Waals surface area contributed by atoms with Crippen molar-refractivity contribution in [1.82, 2.24) is 0 Å². The predicted molar refractivity (Wildman–Crippen MR) is 64.4 cm³/mol. The van der Waals surface area contributed by atoms with Gasteiger partial charge in [0, 0.05) is 0 Å². The summed E-state index contributed by atoms with van der Waals surface area (Å²) >= 11 is 3.30. The molecule has 0 aliphatic rings. The molecule has 0 heterocycles. The molecule has 1 unspecified atom stereocenters. The summed E-state index contributed by atoms with van der Waals surface area (Å²) < 4.78 is 5.74. The van der Waals surface area contributed by atoms with E-state index in [0.717, 1.165) is 12.0 Å². The summed E-state index contributed by atoms with van der Waals surface area (Å²) in [6, 6.07) is 3.75. The van der Waals surface area contributed by atoms with E-state index < -0.39 is 0 Å². The summed E-state index contributed by atoms with van der Waals surface area (Å²) in [7, 11) is 1.54. The SMILES string of the molecule is COc1cc(C(C)CCN)cc(Br)c1O. The van der Waals surface area contributed by atoms with E-state index in [2.05, 4.69) is 22.9 Å². The van der Waals surface area contributed by atoms with Crippen LogP contribution < -0.4 is 10.5 Å². The minimum absolute atomic E-state index is 0.140. The van der Waals surface area contributed by atoms with Crippen LogP contribution in [0.1, 0.15) is 24.8 Å². The van der Waals surface area contributed by atoms with Gasteiger partial charge in [-0.25, -0.2) is 0 Å². The van der Waals surface area contributed by atoms with Crippen LogP contribution in [-0.4, -0.2) is 18.8 Å². The molecule has 1 rings (SSSR count). The highest BCUT2D eigenvalue weighted by Gasteiger charge is 2.12. The molecule has 0 aromatic heterocycles. The Balaban J connectivity index is 3.05. The fraction of sp³-hybridized carbons (Fsp3) is 0.455. The van der Waals surface area contributed by atoms with E-state index >= 15 is 0 Å². The summed E-state index contributed by atoms with van der Waals surface area (Å²) in [4.78, 5) is 0. The monoisotopic (exact) mass is 273 g/mol. The van der Waals surface area contributed by atoms with Crippen molar-refractivity contribution in [2.45, 2.75) is 19.3 Å². The number of hydrogen-bond donors (Lipinski definition) is 2. The Labute approximate surface area is 98.4 Å². The molecular formula is C11H16BrNO2. The average Bonchev–Trinajstić information content (AvgIpc) is 2.22. The molecule has 3 N–H and O–H groups in total. The van der Waals surface area contributed by atoms with Crippen LogP contribution in [0.15, 0.2) is 16.6 Å². The van der Waals surface area contributed by atoms with Gasteiger partial charge in [-0.1, -0.05) is 6.92 Å². The molecule has 3 nitrogen and oxygen atoms in total.